The number of hydrogen-bond donors (Lipinski definition) is 1. The van der Waals surface area contributed by atoms with Gasteiger partial charge in [-0.25, -0.2) is 0 Å². The van der Waals surface area contributed by atoms with Crippen molar-refractivity contribution in [2.24, 2.45) is 0 Å². The molecule has 1 heterocycles. The van der Waals surface area contributed by atoms with Gasteiger partial charge >= 0.3 is 0 Å². The third-order valence-corrected chi connectivity index (χ3v) is 2.44. The zero-order valence-electron chi connectivity index (χ0n) is 8.43. The molecule has 1 aromatic carbocycles. The normalized spacial score (nSPS) is 21.4. The molecule has 0 aromatic heterocycles. The van der Waals surface area contributed by atoms with E-state index in [-0.39, 0.29) is 18.4 Å². The van der Waals surface area contributed by atoms with Crippen LogP contribution in [0.3, 0.4) is 0 Å². The van der Waals surface area contributed by atoms with E-state index in [0.717, 1.165) is 5.56 Å². The van der Waals surface area contributed by atoms with E-state index in [0.29, 0.717) is 0 Å². The predicted molar refractivity (Wildman–Crippen MR) is 55.0 cm³/mol. The fourth-order valence-electron chi connectivity index (χ4n) is 1.65. The van der Waals surface area contributed by atoms with Crippen LogP contribution < -0.4 is 5.32 Å². The van der Waals surface area contributed by atoms with Crippen LogP contribution in [0.2, 0.25) is 0 Å². The van der Waals surface area contributed by atoms with Gasteiger partial charge in [-0.3, -0.25) is 9.59 Å². The van der Waals surface area contributed by atoms with Crippen LogP contribution in [0.25, 0.3) is 0 Å². The van der Waals surface area contributed by atoms with E-state index in [1.807, 2.05) is 30.3 Å². The molecule has 4 heteroatoms. The lowest BCUT2D eigenvalue weighted by molar-refractivity contribution is -0.143. The summed E-state index contributed by atoms with van der Waals surface area (Å²) in [6, 6.07) is 8.72. The van der Waals surface area contributed by atoms with Gasteiger partial charge in [-0.1, -0.05) is 30.3 Å². The lowest BCUT2D eigenvalue weighted by atomic mass is 10.0. The Labute approximate surface area is 87.9 Å². The highest BCUT2D eigenvalue weighted by Gasteiger charge is 2.31. The topological polar surface area (TPSA) is 49.4 Å². The molecule has 1 saturated heterocycles. The van der Waals surface area contributed by atoms with Crippen LogP contribution >= 0.6 is 0 Å². The summed E-state index contributed by atoms with van der Waals surface area (Å²) < 4.78 is 0. The maximum atomic E-state index is 11.8. The molecule has 0 saturated carbocycles. The minimum absolute atomic E-state index is 0.0687. The smallest absolute Gasteiger partial charge is 0.250 e. The Hall–Kier alpha value is -1.84. The van der Waals surface area contributed by atoms with Crippen LogP contribution in [0.5, 0.6) is 0 Å². The van der Waals surface area contributed by atoms with Crippen LogP contribution in [0, 0.1) is 0 Å². The number of rotatable bonds is 1. The SMILES string of the molecule is CN1CC(=O)NC(c2ccccc2)C1=O. The second-order valence-corrected chi connectivity index (χ2v) is 3.61. The van der Waals surface area contributed by atoms with Gasteiger partial charge in [0.05, 0.1) is 6.54 Å². The summed E-state index contributed by atoms with van der Waals surface area (Å²) in [6.07, 6.45) is 0. The van der Waals surface area contributed by atoms with Gasteiger partial charge < -0.3 is 10.2 Å². The first kappa shape index (κ1) is 9.71. The van der Waals surface area contributed by atoms with Gasteiger partial charge in [-0.15, -0.1) is 0 Å². The van der Waals surface area contributed by atoms with E-state index < -0.39 is 6.04 Å². The van der Waals surface area contributed by atoms with Crippen LogP contribution in [0.1, 0.15) is 11.6 Å². The Morgan fingerprint density at radius 1 is 1.27 bits per heavy atom. The largest absolute Gasteiger partial charge is 0.339 e. The van der Waals surface area contributed by atoms with Gasteiger partial charge in [-0.2, -0.15) is 0 Å². The summed E-state index contributed by atoms with van der Waals surface area (Å²) in [7, 11) is 1.64. The van der Waals surface area contributed by atoms with Crippen molar-refractivity contribution in [2.75, 3.05) is 13.6 Å². The second kappa shape index (κ2) is 3.73. The third-order valence-electron chi connectivity index (χ3n) is 2.44. The van der Waals surface area contributed by atoms with Crippen molar-refractivity contribution < 1.29 is 9.59 Å². The molecule has 2 rings (SSSR count). The van der Waals surface area contributed by atoms with Gasteiger partial charge in [0, 0.05) is 7.05 Å². The second-order valence-electron chi connectivity index (χ2n) is 3.61. The molecule has 1 aromatic rings. The van der Waals surface area contributed by atoms with Gasteiger partial charge in [0.2, 0.25) is 11.8 Å². The Morgan fingerprint density at radius 3 is 2.60 bits per heavy atom. The van der Waals surface area contributed by atoms with Crippen molar-refractivity contribution in [3.63, 3.8) is 0 Å². The van der Waals surface area contributed by atoms with Crippen molar-refractivity contribution in [1.29, 1.82) is 0 Å². The summed E-state index contributed by atoms with van der Waals surface area (Å²) >= 11 is 0. The summed E-state index contributed by atoms with van der Waals surface area (Å²) in [4.78, 5) is 24.5. The maximum Gasteiger partial charge on any atom is 0.250 e. The first-order valence-electron chi connectivity index (χ1n) is 4.78. The molecule has 0 spiro atoms. The summed E-state index contributed by atoms with van der Waals surface area (Å²) in [6.45, 7) is 0.141. The average Bonchev–Trinajstić information content (AvgIpc) is 2.24. The van der Waals surface area contributed by atoms with E-state index in [1.165, 1.54) is 4.90 Å². The molecule has 0 aliphatic carbocycles. The number of nitrogens with one attached hydrogen (secondary N) is 1. The Morgan fingerprint density at radius 2 is 1.93 bits per heavy atom. The number of amides is 2. The zero-order chi connectivity index (χ0) is 10.8. The molecule has 1 N–H and O–H groups in total. The molecule has 15 heavy (non-hydrogen) atoms. The number of nitrogens with zero attached hydrogens (tertiary/aromatic N) is 1. The van der Waals surface area contributed by atoms with Crippen molar-refractivity contribution >= 4 is 11.8 Å². The zero-order valence-corrected chi connectivity index (χ0v) is 8.43. The molecular weight excluding hydrogens is 192 g/mol. The third kappa shape index (κ3) is 1.83. The Bertz CT molecular complexity index is 389. The summed E-state index contributed by atoms with van der Waals surface area (Å²) in [5.41, 5.74) is 0.822. The molecule has 1 fully saturated rings. The van der Waals surface area contributed by atoms with Gasteiger partial charge in [0.1, 0.15) is 6.04 Å². The molecule has 0 bridgehead atoms. The molecule has 0 radical (unpaired) electrons. The number of hydrogen-bond acceptors (Lipinski definition) is 2. The minimum atomic E-state index is -0.530. The van der Waals surface area contributed by atoms with E-state index in [9.17, 15) is 9.59 Å². The first-order valence-corrected chi connectivity index (χ1v) is 4.78. The van der Waals surface area contributed by atoms with Crippen LogP contribution in [0.4, 0.5) is 0 Å². The fraction of sp³-hybridized carbons (Fsp3) is 0.273. The molecule has 4 nitrogen and oxygen atoms in total. The maximum absolute atomic E-state index is 11.8. The van der Waals surface area contributed by atoms with Crippen molar-refractivity contribution in [2.45, 2.75) is 6.04 Å². The van der Waals surface area contributed by atoms with Crippen molar-refractivity contribution in [3.8, 4) is 0 Å². The Balaban J connectivity index is 2.28. The lowest BCUT2D eigenvalue weighted by Gasteiger charge is -2.29. The van der Waals surface area contributed by atoms with Gasteiger partial charge in [0.15, 0.2) is 0 Å². The summed E-state index contributed by atoms with van der Waals surface area (Å²) in [5.74, 6) is -0.188. The van der Waals surface area contributed by atoms with Gasteiger partial charge in [0.25, 0.3) is 0 Å². The molecule has 1 aliphatic heterocycles. The van der Waals surface area contributed by atoms with Crippen LogP contribution in [-0.2, 0) is 9.59 Å². The molecule has 1 aliphatic rings. The predicted octanol–water partition coefficient (Wildman–Crippen LogP) is 0.316. The molecule has 2 amide bonds. The molecule has 78 valence electrons. The summed E-state index contributed by atoms with van der Waals surface area (Å²) in [5, 5.41) is 2.68. The number of likely N-dealkylation sites (N-methyl/N-ethyl adjacent to an activating group) is 1. The highest BCUT2D eigenvalue weighted by molar-refractivity contribution is 5.95. The number of piperazine rings is 1. The van der Waals surface area contributed by atoms with E-state index in [1.54, 1.807) is 7.05 Å². The number of carbonyl (C=O) groups is 2. The van der Waals surface area contributed by atoms with E-state index in [2.05, 4.69) is 5.32 Å². The fourth-order valence-corrected chi connectivity index (χ4v) is 1.65. The first-order chi connectivity index (χ1) is 7.18. The van der Waals surface area contributed by atoms with Crippen LogP contribution in [-0.4, -0.2) is 30.3 Å². The molecular formula is C11H12N2O2. The highest BCUT2D eigenvalue weighted by Crippen LogP contribution is 2.17. The minimum Gasteiger partial charge on any atom is -0.339 e. The van der Waals surface area contributed by atoms with Crippen molar-refractivity contribution in [1.82, 2.24) is 10.2 Å². The monoisotopic (exact) mass is 204 g/mol. The van der Waals surface area contributed by atoms with E-state index >= 15 is 0 Å². The number of benzene rings is 1. The lowest BCUT2D eigenvalue weighted by Crippen LogP contribution is -2.51. The molecule has 1 unspecified atom stereocenters. The number of carbonyl (C=O) groups excluding carboxylic acids is 2. The van der Waals surface area contributed by atoms with Gasteiger partial charge in [-0.05, 0) is 5.56 Å². The van der Waals surface area contributed by atoms with Crippen molar-refractivity contribution in [3.05, 3.63) is 35.9 Å². The quantitative estimate of drug-likeness (QED) is 0.716. The highest BCUT2D eigenvalue weighted by atomic mass is 16.2. The Kier molecular flexibility index (Phi) is 2.41. The van der Waals surface area contributed by atoms with Crippen LogP contribution in [0.15, 0.2) is 30.3 Å². The standard InChI is InChI=1S/C11H12N2O2/c1-13-7-9(14)12-10(11(13)15)8-5-3-2-4-6-8/h2-6,10H,7H2,1H3,(H,12,14). The average molecular weight is 204 g/mol. The van der Waals surface area contributed by atoms with E-state index in [4.69, 9.17) is 0 Å². The molecule has 1 atom stereocenters.